The summed E-state index contributed by atoms with van der Waals surface area (Å²) in [7, 11) is -4.47. The van der Waals surface area contributed by atoms with Crippen LogP contribution in [0.25, 0.3) is 0 Å². The SMILES string of the molecule is CCCOC1([Si](C)(O[Si](C)(C)C)C2(OCCC)OC2C)OC1C. The van der Waals surface area contributed by atoms with Crippen molar-refractivity contribution in [1.29, 1.82) is 0 Å². The van der Waals surface area contributed by atoms with Gasteiger partial charge in [-0.05, 0) is 52.9 Å². The average molecular weight is 363 g/mol. The molecule has 5 nitrogen and oxygen atoms in total. The third-order valence-electron chi connectivity index (χ3n) is 4.54. The molecule has 2 saturated heterocycles. The highest BCUT2D eigenvalue weighted by Crippen LogP contribution is 2.58. The van der Waals surface area contributed by atoms with E-state index in [1.54, 1.807) is 0 Å². The Morgan fingerprint density at radius 3 is 1.39 bits per heavy atom. The number of rotatable bonds is 10. The topological polar surface area (TPSA) is 52.8 Å². The third-order valence-corrected chi connectivity index (χ3v) is 12.6. The predicted octanol–water partition coefficient (Wildman–Crippen LogP) is 3.57. The van der Waals surface area contributed by atoms with E-state index >= 15 is 0 Å². The van der Waals surface area contributed by atoms with Crippen LogP contribution in [0, 0.1) is 0 Å². The van der Waals surface area contributed by atoms with E-state index < -0.39 is 27.5 Å². The molecule has 0 saturated carbocycles. The van der Waals surface area contributed by atoms with Gasteiger partial charge in [0.15, 0.2) is 8.32 Å². The fourth-order valence-corrected chi connectivity index (χ4v) is 13.2. The fourth-order valence-electron chi connectivity index (χ4n) is 3.54. The molecule has 4 unspecified atom stereocenters. The van der Waals surface area contributed by atoms with Crippen molar-refractivity contribution in [2.75, 3.05) is 13.2 Å². The molecule has 0 radical (unpaired) electrons. The summed E-state index contributed by atoms with van der Waals surface area (Å²) in [4.78, 5) is 0. The van der Waals surface area contributed by atoms with E-state index in [0.29, 0.717) is 13.2 Å². The zero-order valence-corrected chi connectivity index (χ0v) is 18.0. The molecule has 23 heavy (non-hydrogen) atoms. The highest BCUT2D eigenvalue weighted by molar-refractivity contribution is 6.88. The first-order valence-electron chi connectivity index (χ1n) is 8.92. The third kappa shape index (κ3) is 3.34. The van der Waals surface area contributed by atoms with Crippen molar-refractivity contribution in [2.24, 2.45) is 0 Å². The van der Waals surface area contributed by atoms with E-state index in [0.717, 1.165) is 12.8 Å². The number of epoxide rings is 2. The van der Waals surface area contributed by atoms with Crippen LogP contribution in [0.3, 0.4) is 0 Å². The van der Waals surface area contributed by atoms with Gasteiger partial charge in [-0.3, -0.25) is 0 Å². The lowest BCUT2D eigenvalue weighted by atomic mass is 10.5. The van der Waals surface area contributed by atoms with Crippen molar-refractivity contribution in [3.8, 4) is 0 Å². The summed E-state index contributed by atoms with van der Waals surface area (Å²) < 4.78 is 31.4. The molecular formula is C16H34O5Si2. The summed E-state index contributed by atoms with van der Waals surface area (Å²) in [5, 5.41) is 0. The van der Waals surface area contributed by atoms with Crippen molar-refractivity contribution in [3.05, 3.63) is 0 Å². The lowest BCUT2D eigenvalue weighted by molar-refractivity contribution is -0.0448. The minimum absolute atomic E-state index is 0.0283. The van der Waals surface area contributed by atoms with E-state index in [-0.39, 0.29) is 12.2 Å². The van der Waals surface area contributed by atoms with Crippen LogP contribution < -0.4 is 0 Å². The quantitative estimate of drug-likeness (QED) is 0.439. The summed E-state index contributed by atoms with van der Waals surface area (Å²) in [5.41, 5.74) is -1.30. The van der Waals surface area contributed by atoms with Gasteiger partial charge in [0.1, 0.15) is 12.2 Å². The Hall–Kier alpha value is 0.234. The Labute approximate surface area is 143 Å². The van der Waals surface area contributed by atoms with Crippen LogP contribution in [0.4, 0.5) is 0 Å². The number of ether oxygens (including phenoxy) is 4. The van der Waals surface area contributed by atoms with E-state index in [9.17, 15) is 0 Å². The summed E-state index contributed by atoms with van der Waals surface area (Å²) in [6.45, 7) is 18.5. The smallest absolute Gasteiger partial charge is 0.315 e. The van der Waals surface area contributed by atoms with Gasteiger partial charge in [-0.2, -0.15) is 0 Å². The summed E-state index contributed by atoms with van der Waals surface area (Å²) in [6, 6.07) is 0. The van der Waals surface area contributed by atoms with Gasteiger partial charge in [0.25, 0.3) is 0 Å². The predicted molar refractivity (Wildman–Crippen MR) is 95.1 cm³/mol. The molecule has 7 heteroatoms. The molecule has 0 aromatic heterocycles. The normalized spacial score (nSPS) is 39.1. The van der Waals surface area contributed by atoms with Crippen LogP contribution >= 0.6 is 0 Å². The van der Waals surface area contributed by atoms with Gasteiger partial charge in [-0.1, -0.05) is 13.8 Å². The first-order valence-corrected chi connectivity index (χ1v) is 14.7. The molecule has 2 rings (SSSR count). The molecular weight excluding hydrogens is 328 g/mol. The molecule has 0 aliphatic carbocycles. The summed E-state index contributed by atoms with van der Waals surface area (Å²) in [6.07, 6.45) is 1.96. The molecule has 2 aliphatic rings. The maximum atomic E-state index is 6.79. The van der Waals surface area contributed by atoms with E-state index in [2.05, 4.69) is 53.9 Å². The van der Waals surface area contributed by atoms with Crippen LogP contribution in [0.15, 0.2) is 0 Å². The fraction of sp³-hybridized carbons (Fsp3) is 1.00. The van der Waals surface area contributed by atoms with E-state index in [4.69, 9.17) is 23.1 Å². The van der Waals surface area contributed by atoms with E-state index in [1.165, 1.54) is 0 Å². The maximum Gasteiger partial charge on any atom is 0.315 e. The number of hydrogen-bond acceptors (Lipinski definition) is 5. The van der Waals surface area contributed by atoms with Crippen molar-refractivity contribution in [3.63, 3.8) is 0 Å². The molecule has 0 bridgehead atoms. The molecule has 0 N–H and O–H groups in total. The van der Waals surface area contributed by atoms with Crippen LogP contribution in [0.2, 0.25) is 26.2 Å². The average Bonchev–Trinajstić information content (AvgIpc) is 3.29. The first kappa shape index (κ1) is 19.6. The second-order valence-corrected chi connectivity index (χ2v) is 16.3. The minimum Gasteiger partial charge on any atom is -0.449 e. The first-order chi connectivity index (χ1) is 10.6. The highest BCUT2D eigenvalue weighted by atomic mass is 28.4. The molecule has 0 amide bonds. The molecule has 136 valence electrons. The van der Waals surface area contributed by atoms with Gasteiger partial charge < -0.3 is 23.1 Å². The van der Waals surface area contributed by atoms with Gasteiger partial charge in [0.05, 0.1) is 0 Å². The largest absolute Gasteiger partial charge is 0.449 e. The Morgan fingerprint density at radius 1 is 0.826 bits per heavy atom. The highest BCUT2D eigenvalue weighted by Gasteiger charge is 2.85. The van der Waals surface area contributed by atoms with Gasteiger partial charge in [0, 0.05) is 13.2 Å². The maximum absolute atomic E-state index is 6.79. The van der Waals surface area contributed by atoms with Gasteiger partial charge in [-0.15, -0.1) is 0 Å². The molecule has 0 spiro atoms. The second kappa shape index (κ2) is 6.51. The van der Waals surface area contributed by atoms with E-state index in [1.807, 2.05) is 0 Å². The van der Waals surface area contributed by atoms with Crippen molar-refractivity contribution < 1.29 is 23.1 Å². The van der Waals surface area contributed by atoms with Crippen molar-refractivity contribution in [2.45, 2.75) is 89.8 Å². The van der Waals surface area contributed by atoms with Gasteiger partial charge >= 0.3 is 8.32 Å². The Kier molecular flexibility index (Phi) is 5.54. The van der Waals surface area contributed by atoms with Gasteiger partial charge in [-0.25, -0.2) is 0 Å². The number of hydrogen-bond donors (Lipinski definition) is 0. The standard InChI is InChI=1S/C16H34O5Si2/c1-9-11-17-15(13(3)19-15)23(8,21-22(5,6)7)16(14(4)20-16)18-12-10-2/h13-14H,9-12H2,1-8H3. The monoisotopic (exact) mass is 362 g/mol. The molecule has 0 aromatic carbocycles. The minimum atomic E-state index is -2.65. The van der Waals surface area contributed by atoms with Crippen LogP contribution in [-0.4, -0.2) is 52.9 Å². The van der Waals surface area contributed by atoms with Crippen LogP contribution in [-0.2, 0) is 23.1 Å². The van der Waals surface area contributed by atoms with Crippen LogP contribution in [0.5, 0.6) is 0 Å². The van der Waals surface area contributed by atoms with Crippen molar-refractivity contribution >= 4 is 16.6 Å². The van der Waals surface area contributed by atoms with Crippen molar-refractivity contribution in [1.82, 2.24) is 0 Å². The molecule has 0 aromatic rings. The lowest BCUT2D eigenvalue weighted by Crippen LogP contribution is -2.69. The zero-order valence-electron chi connectivity index (χ0n) is 16.0. The summed E-state index contributed by atoms with van der Waals surface area (Å²) in [5.74, 6) is 0. The molecule has 2 heterocycles. The Bertz CT molecular complexity index is 399. The molecule has 4 atom stereocenters. The lowest BCUT2D eigenvalue weighted by Gasteiger charge is -2.42. The molecule has 2 aliphatic heterocycles. The Balaban J connectivity index is 2.37. The second-order valence-electron chi connectivity index (χ2n) is 7.80. The van der Waals surface area contributed by atoms with Crippen LogP contribution in [0.1, 0.15) is 40.5 Å². The summed E-state index contributed by atoms with van der Waals surface area (Å²) >= 11 is 0. The Morgan fingerprint density at radius 2 is 1.17 bits per heavy atom. The molecule has 2 fully saturated rings. The van der Waals surface area contributed by atoms with Gasteiger partial charge in [0.2, 0.25) is 10.8 Å². The zero-order chi connectivity index (χ0) is 17.5.